The first-order valence-corrected chi connectivity index (χ1v) is 7.15. The van der Waals surface area contributed by atoms with E-state index in [1.165, 1.54) is 6.07 Å². The Morgan fingerprint density at radius 1 is 0.955 bits per heavy atom. The molecule has 0 aliphatic carbocycles. The summed E-state index contributed by atoms with van der Waals surface area (Å²) in [5.74, 6) is 0.00898. The summed E-state index contributed by atoms with van der Waals surface area (Å²) in [7, 11) is 0. The molecule has 0 spiro atoms. The van der Waals surface area contributed by atoms with E-state index in [1.54, 1.807) is 18.2 Å². The Labute approximate surface area is 144 Å². The summed E-state index contributed by atoms with van der Waals surface area (Å²) in [5.41, 5.74) is 1.71. The smallest absolute Gasteiger partial charge is 0.157 e. The highest BCUT2D eigenvalue weighted by molar-refractivity contribution is 8.93. The summed E-state index contributed by atoms with van der Waals surface area (Å²) in [5, 5.41) is 32.9. The number of phenols is 3. The minimum absolute atomic E-state index is 0. The van der Waals surface area contributed by atoms with Gasteiger partial charge in [0.1, 0.15) is 5.75 Å². The van der Waals surface area contributed by atoms with Gasteiger partial charge in [0.2, 0.25) is 0 Å². The Bertz CT molecular complexity index is 680. The van der Waals surface area contributed by atoms with Crippen molar-refractivity contribution in [2.45, 2.75) is 11.8 Å². The van der Waals surface area contributed by atoms with Gasteiger partial charge >= 0.3 is 0 Å². The maximum atomic E-state index is 10.2. The summed E-state index contributed by atoms with van der Waals surface area (Å²) in [4.78, 5) is 0. The van der Waals surface area contributed by atoms with Crippen LogP contribution in [-0.2, 0) is 0 Å². The van der Waals surface area contributed by atoms with Crippen molar-refractivity contribution in [3.63, 3.8) is 0 Å². The van der Waals surface area contributed by atoms with Crippen LogP contribution in [0, 0.1) is 0 Å². The standard InChI is InChI=1S/C16H16ClNO3.BrH/c17-13-3-1-2-10(16(13)21)12-8-18-7-11(12)9-4-5-14(19)15(20)6-9;/h1-6,11-12,18-21H,7-8H2;1H. The van der Waals surface area contributed by atoms with Gasteiger partial charge in [-0.1, -0.05) is 29.8 Å². The number of nitrogens with one attached hydrogen (secondary N) is 1. The summed E-state index contributed by atoms with van der Waals surface area (Å²) in [6.07, 6.45) is 0. The second-order valence-electron chi connectivity index (χ2n) is 5.30. The van der Waals surface area contributed by atoms with E-state index >= 15 is 0 Å². The molecular weight excluding hydrogens is 370 g/mol. The molecule has 1 heterocycles. The lowest BCUT2D eigenvalue weighted by molar-refractivity contribution is 0.402. The molecule has 0 saturated carbocycles. The molecule has 2 aromatic carbocycles. The van der Waals surface area contributed by atoms with E-state index in [0.717, 1.165) is 24.2 Å². The predicted molar refractivity (Wildman–Crippen MR) is 91.6 cm³/mol. The monoisotopic (exact) mass is 385 g/mol. The molecule has 1 fully saturated rings. The maximum absolute atomic E-state index is 10.2. The molecule has 0 radical (unpaired) electrons. The van der Waals surface area contributed by atoms with Crippen LogP contribution in [0.5, 0.6) is 17.2 Å². The minimum atomic E-state index is -0.133. The second kappa shape index (κ2) is 6.77. The molecule has 4 N–H and O–H groups in total. The highest BCUT2D eigenvalue weighted by Gasteiger charge is 2.32. The highest BCUT2D eigenvalue weighted by Crippen LogP contribution is 2.43. The number of para-hydroxylation sites is 1. The van der Waals surface area contributed by atoms with Gasteiger partial charge in [-0.25, -0.2) is 0 Å². The quantitative estimate of drug-likeness (QED) is 0.596. The van der Waals surface area contributed by atoms with Crippen LogP contribution < -0.4 is 5.32 Å². The first-order chi connectivity index (χ1) is 10.1. The fourth-order valence-corrected chi connectivity index (χ4v) is 3.14. The minimum Gasteiger partial charge on any atom is -0.506 e. The van der Waals surface area contributed by atoms with Gasteiger partial charge in [0, 0.05) is 30.5 Å². The normalized spacial score (nSPS) is 20.6. The first-order valence-electron chi connectivity index (χ1n) is 6.78. The molecule has 0 aromatic heterocycles. The Balaban J connectivity index is 0.00000176. The van der Waals surface area contributed by atoms with Gasteiger partial charge in [-0.2, -0.15) is 0 Å². The number of rotatable bonds is 2. The molecule has 6 heteroatoms. The van der Waals surface area contributed by atoms with Gasteiger partial charge in [0.25, 0.3) is 0 Å². The lowest BCUT2D eigenvalue weighted by Gasteiger charge is -2.21. The van der Waals surface area contributed by atoms with Crippen LogP contribution in [0.1, 0.15) is 23.0 Å². The number of phenolic OH excluding ortho intramolecular Hbond substituents is 3. The van der Waals surface area contributed by atoms with Crippen molar-refractivity contribution in [3.05, 3.63) is 52.5 Å². The molecular formula is C16H17BrClNO3. The molecule has 2 unspecified atom stereocenters. The van der Waals surface area contributed by atoms with Crippen molar-refractivity contribution < 1.29 is 15.3 Å². The topological polar surface area (TPSA) is 72.7 Å². The van der Waals surface area contributed by atoms with E-state index < -0.39 is 0 Å². The lowest BCUT2D eigenvalue weighted by Crippen LogP contribution is -2.09. The fourth-order valence-electron chi connectivity index (χ4n) is 2.96. The summed E-state index contributed by atoms with van der Waals surface area (Å²) >= 11 is 5.99. The third kappa shape index (κ3) is 3.02. The van der Waals surface area contributed by atoms with Crippen LogP contribution in [0.3, 0.4) is 0 Å². The largest absolute Gasteiger partial charge is 0.506 e. The molecule has 22 heavy (non-hydrogen) atoms. The molecule has 2 atom stereocenters. The van der Waals surface area contributed by atoms with Gasteiger partial charge in [0.05, 0.1) is 5.02 Å². The molecule has 3 rings (SSSR count). The van der Waals surface area contributed by atoms with Gasteiger partial charge in [-0.15, -0.1) is 17.0 Å². The summed E-state index contributed by atoms with van der Waals surface area (Å²) in [6.45, 7) is 1.46. The van der Waals surface area contributed by atoms with Crippen LogP contribution in [0.25, 0.3) is 0 Å². The first kappa shape index (κ1) is 16.9. The Kier molecular flexibility index (Phi) is 5.21. The van der Waals surface area contributed by atoms with Crippen LogP contribution >= 0.6 is 28.6 Å². The van der Waals surface area contributed by atoms with Crippen LogP contribution in [0.4, 0.5) is 0 Å². The highest BCUT2D eigenvalue weighted by atomic mass is 79.9. The molecule has 0 amide bonds. The molecule has 118 valence electrons. The van der Waals surface area contributed by atoms with Crippen molar-refractivity contribution in [2.24, 2.45) is 0 Å². The van der Waals surface area contributed by atoms with Crippen molar-refractivity contribution in [1.82, 2.24) is 5.32 Å². The maximum Gasteiger partial charge on any atom is 0.157 e. The van der Waals surface area contributed by atoms with Gasteiger partial charge in [-0.3, -0.25) is 0 Å². The van der Waals surface area contributed by atoms with Crippen molar-refractivity contribution in [2.75, 3.05) is 13.1 Å². The number of benzene rings is 2. The lowest BCUT2D eigenvalue weighted by atomic mass is 9.83. The number of aromatic hydroxyl groups is 3. The molecule has 1 saturated heterocycles. The van der Waals surface area contributed by atoms with Crippen LogP contribution in [0.15, 0.2) is 36.4 Å². The fraction of sp³-hybridized carbons (Fsp3) is 0.250. The van der Waals surface area contributed by atoms with E-state index in [-0.39, 0.29) is 46.1 Å². The third-order valence-corrected chi connectivity index (χ3v) is 4.36. The summed E-state index contributed by atoms with van der Waals surface area (Å²) < 4.78 is 0. The van der Waals surface area contributed by atoms with E-state index in [9.17, 15) is 15.3 Å². The van der Waals surface area contributed by atoms with E-state index in [4.69, 9.17) is 11.6 Å². The van der Waals surface area contributed by atoms with E-state index in [1.807, 2.05) is 12.1 Å². The van der Waals surface area contributed by atoms with Gasteiger partial charge in [0.15, 0.2) is 11.5 Å². The number of halogens is 2. The molecule has 0 bridgehead atoms. The second-order valence-corrected chi connectivity index (χ2v) is 5.70. The number of hydrogen-bond acceptors (Lipinski definition) is 4. The Morgan fingerprint density at radius 2 is 1.68 bits per heavy atom. The van der Waals surface area contributed by atoms with Crippen LogP contribution in [-0.4, -0.2) is 28.4 Å². The summed E-state index contributed by atoms with van der Waals surface area (Å²) in [6, 6.07) is 10.2. The SMILES string of the molecule is Br.Oc1ccc(C2CNCC2c2cccc(Cl)c2O)cc1O. The Morgan fingerprint density at radius 3 is 2.41 bits per heavy atom. The van der Waals surface area contributed by atoms with Crippen LogP contribution in [0.2, 0.25) is 5.02 Å². The third-order valence-electron chi connectivity index (χ3n) is 4.06. The van der Waals surface area contributed by atoms with Crippen molar-refractivity contribution >= 4 is 28.6 Å². The average molecular weight is 387 g/mol. The van der Waals surface area contributed by atoms with E-state index in [2.05, 4.69) is 5.32 Å². The van der Waals surface area contributed by atoms with E-state index in [0.29, 0.717) is 5.02 Å². The molecule has 1 aliphatic rings. The molecule has 4 nitrogen and oxygen atoms in total. The molecule has 2 aromatic rings. The van der Waals surface area contributed by atoms with Crippen molar-refractivity contribution in [1.29, 1.82) is 0 Å². The zero-order valence-corrected chi connectivity index (χ0v) is 14.1. The van der Waals surface area contributed by atoms with Crippen molar-refractivity contribution in [3.8, 4) is 17.2 Å². The number of hydrogen-bond donors (Lipinski definition) is 4. The zero-order valence-electron chi connectivity index (χ0n) is 11.7. The predicted octanol–water partition coefficient (Wildman–Crippen LogP) is 3.51. The zero-order chi connectivity index (χ0) is 15.0. The van der Waals surface area contributed by atoms with Gasteiger partial charge in [-0.05, 0) is 23.8 Å². The average Bonchev–Trinajstić information content (AvgIpc) is 2.94. The van der Waals surface area contributed by atoms with Gasteiger partial charge < -0.3 is 20.6 Å². The Hall–Kier alpha value is -1.43. The molecule has 1 aliphatic heterocycles.